The Kier molecular flexibility index (Phi) is 5.89. The van der Waals surface area contributed by atoms with Crippen molar-refractivity contribution in [3.8, 4) is 11.4 Å². The molecule has 1 amide bonds. The summed E-state index contributed by atoms with van der Waals surface area (Å²) in [4.78, 5) is 23.6. The van der Waals surface area contributed by atoms with Crippen LogP contribution in [0.25, 0.3) is 5.69 Å². The number of aliphatic carboxylic acids is 1. The fourth-order valence-corrected chi connectivity index (χ4v) is 2.28. The van der Waals surface area contributed by atoms with Crippen LogP contribution in [-0.2, 0) is 4.79 Å². The maximum atomic E-state index is 12.4. The number of hydrogen-bond acceptors (Lipinski definition) is 5. The van der Waals surface area contributed by atoms with Gasteiger partial charge in [0.05, 0.1) is 18.5 Å². The van der Waals surface area contributed by atoms with Crippen molar-refractivity contribution in [1.82, 2.24) is 20.3 Å². The molecule has 0 saturated heterocycles. The first-order valence-electron chi connectivity index (χ1n) is 7.69. The Morgan fingerprint density at radius 1 is 1.40 bits per heavy atom. The van der Waals surface area contributed by atoms with E-state index in [9.17, 15) is 14.7 Å². The number of carboxylic acid groups (broad SMARTS) is 1. The average molecular weight is 344 g/mol. The van der Waals surface area contributed by atoms with Gasteiger partial charge in [-0.1, -0.05) is 11.3 Å². The van der Waals surface area contributed by atoms with Gasteiger partial charge in [0, 0.05) is 0 Å². The molecular formula is C17H20N4O4. The molecule has 2 rings (SSSR count). The Balaban J connectivity index is 2.19. The van der Waals surface area contributed by atoms with Gasteiger partial charge in [-0.25, -0.2) is 9.48 Å². The monoisotopic (exact) mass is 344 g/mol. The summed E-state index contributed by atoms with van der Waals surface area (Å²) in [6, 6.07) is 6.10. The molecule has 132 valence electrons. The van der Waals surface area contributed by atoms with Crippen molar-refractivity contribution in [2.45, 2.75) is 25.8 Å². The molecule has 2 N–H and O–H groups in total. The van der Waals surface area contributed by atoms with Gasteiger partial charge in [0.15, 0.2) is 5.69 Å². The van der Waals surface area contributed by atoms with Crippen LogP contribution < -0.4 is 10.1 Å². The van der Waals surface area contributed by atoms with Crippen LogP contribution in [0.4, 0.5) is 0 Å². The number of nitrogens with zero attached hydrogens (tertiary/aromatic N) is 3. The number of hydrogen-bond donors (Lipinski definition) is 2. The number of ether oxygens (including phenoxy) is 1. The Morgan fingerprint density at radius 3 is 2.64 bits per heavy atom. The summed E-state index contributed by atoms with van der Waals surface area (Å²) >= 11 is 0. The van der Waals surface area contributed by atoms with Crippen LogP contribution in [-0.4, -0.2) is 45.1 Å². The summed E-state index contributed by atoms with van der Waals surface area (Å²) in [6.45, 7) is 5.25. The standard InChI is InChI=1S/C17H20N4O4/c1-4-5-6-14(17(23)24)18-16(22)15-11(2)21(20-19-15)12-7-9-13(25-3)10-8-12/h4,7-10,14H,1,5-6H2,2-3H3,(H,18,22)(H,23,24). The van der Waals surface area contributed by atoms with E-state index in [1.165, 1.54) is 4.68 Å². The molecular weight excluding hydrogens is 324 g/mol. The summed E-state index contributed by atoms with van der Waals surface area (Å²) in [5.74, 6) is -0.977. The summed E-state index contributed by atoms with van der Waals surface area (Å²) in [7, 11) is 1.57. The van der Waals surface area contributed by atoms with Crippen LogP contribution in [0.5, 0.6) is 5.75 Å². The lowest BCUT2D eigenvalue weighted by Crippen LogP contribution is -2.41. The highest BCUT2D eigenvalue weighted by Gasteiger charge is 2.23. The van der Waals surface area contributed by atoms with Gasteiger partial charge in [-0.3, -0.25) is 4.79 Å². The molecule has 0 radical (unpaired) electrons. The minimum atomic E-state index is -1.10. The van der Waals surface area contributed by atoms with E-state index >= 15 is 0 Å². The molecule has 0 fully saturated rings. The highest BCUT2D eigenvalue weighted by atomic mass is 16.5. The highest BCUT2D eigenvalue weighted by Crippen LogP contribution is 2.17. The molecule has 25 heavy (non-hydrogen) atoms. The molecule has 0 aliphatic rings. The predicted molar refractivity (Wildman–Crippen MR) is 91.0 cm³/mol. The topological polar surface area (TPSA) is 106 Å². The van der Waals surface area contributed by atoms with Crippen molar-refractivity contribution in [3.63, 3.8) is 0 Å². The molecule has 0 aliphatic heterocycles. The smallest absolute Gasteiger partial charge is 0.326 e. The van der Waals surface area contributed by atoms with E-state index in [-0.39, 0.29) is 12.1 Å². The van der Waals surface area contributed by atoms with Gasteiger partial charge < -0.3 is 15.2 Å². The fraction of sp³-hybridized carbons (Fsp3) is 0.294. The predicted octanol–water partition coefficient (Wildman–Crippen LogP) is 1.73. The number of aromatic nitrogens is 3. The molecule has 8 heteroatoms. The number of allylic oxidation sites excluding steroid dienone is 1. The van der Waals surface area contributed by atoms with Gasteiger partial charge in [-0.2, -0.15) is 0 Å². The van der Waals surface area contributed by atoms with Crippen LogP contribution in [0, 0.1) is 6.92 Å². The first kappa shape index (κ1) is 18.2. The van der Waals surface area contributed by atoms with Gasteiger partial charge in [0.2, 0.25) is 0 Å². The van der Waals surface area contributed by atoms with E-state index in [4.69, 9.17) is 4.74 Å². The summed E-state index contributed by atoms with van der Waals surface area (Å²) in [5.41, 5.74) is 1.31. The Morgan fingerprint density at radius 2 is 2.08 bits per heavy atom. The zero-order valence-corrected chi connectivity index (χ0v) is 14.1. The summed E-state index contributed by atoms with van der Waals surface area (Å²) < 4.78 is 6.61. The van der Waals surface area contributed by atoms with Gasteiger partial charge in [0.25, 0.3) is 5.91 Å². The molecule has 1 heterocycles. The molecule has 1 atom stereocenters. The number of carboxylic acids is 1. The zero-order chi connectivity index (χ0) is 18.4. The second-order valence-corrected chi connectivity index (χ2v) is 5.36. The first-order valence-corrected chi connectivity index (χ1v) is 7.69. The molecule has 2 aromatic rings. The van der Waals surface area contributed by atoms with Crippen molar-refractivity contribution in [1.29, 1.82) is 0 Å². The summed E-state index contributed by atoms with van der Waals surface area (Å²) in [6.07, 6.45) is 2.35. The van der Waals surface area contributed by atoms with Gasteiger partial charge in [-0.05, 0) is 44.0 Å². The number of methoxy groups -OCH3 is 1. The third-order valence-corrected chi connectivity index (χ3v) is 3.69. The van der Waals surface area contributed by atoms with Crippen molar-refractivity contribution in [3.05, 3.63) is 48.3 Å². The van der Waals surface area contributed by atoms with Crippen molar-refractivity contribution < 1.29 is 19.4 Å². The molecule has 0 saturated carbocycles. The Labute approximate surface area is 145 Å². The molecule has 0 bridgehead atoms. The van der Waals surface area contributed by atoms with E-state index in [1.54, 1.807) is 44.4 Å². The van der Waals surface area contributed by atoms with Gasteiger partial charge in [-0.15, -0.1) is 11.7 Å². The molecule has 0 spiro atoms. The number of amides is 1. The van der Waals surface area contributed by atoms with E-state index < -0.39 is 17.9 Å². The largest absolute Gasteiger partial charge is 0.497 e. The van der Waals surface area contributed by atoms with Crippen LogP contribution >= 0.6 is 0 Å². The SMILES string of the molecule is C=CCCC(NC(=O)c1nnn(-c2ccc(OC)cc2)c1C)C(=O)O. The average Bonchev–Trinajstić information content (AvgIpc) is 2.99. The minimum Gasteiger partial charge on any atom is -0.497 e. The number of rotatable bonds is 8. The maximum absolute atomic E-state index is 12.4. The lowest BCUT2D eigenvalue weighted by Gasteiger charge is -2.12. The quantitative estimate of drug-likeness (QED) is 0.707. The van der Waals surface area contributed by atoms with Crippen LogP contribution in [0.3, 0.4) is 0 Å². The Hall–Kier alpha value is -3.16. The second kappa shape index (κ2) is 8.09. The van der Waals surface area contributed by atoms with Crippen LogP contribution in [0.1, 0.15) is 29.0 Å². The lowest BCUT2D eigenvalue weighted by atomic mass is 10.1. The van der Waals surface area contributed by atoms with Crippen molar-refractivity contribution in [2.24, 2.45) is 0 Å². The molecule has 0 aliphatic carbocycles. The van der Waals surface area contributed by atoms with E-state index in [0.717, 1.165) is 0 Å². The van der Waals surface area contributed by atoms with E-state index in [2.05, 4.69) is 22.2 Å². The fourth-order valence-electron chi connectivity index (χ4n) is 2.28. The number of benzene rings is 1. The molecule has 1 aromatic heterocycles. The van der Waals surface area contributed by atoms with Crippen molar-refractivity contribution in [2.75, 3.05) is 7.11 Å². The lowest BCUT2D eigenvalue weighted by molar-refractivity contribution is -0.139. The van der Waals surface area contributed by atoms with E-state index in [0.29, 0.717) is 23.6 Å². The highest BCUT2D eigenvalue weighted by molar-refractivity contribution is 5.95. The summed E-state index contributed by atoms with van der Waals surface area (Å²) in [5, 5.41) is 19.5. The number of carbonyl (C=O) groups excluding carboxylic acids is 1. The second-order valence-electron chi connectivity index (χ2n) is 5.36. The first-order chi connectivity index (χ1) is 12.0. The number of carbonyl (C=O) groups is 2. The zero-order valence-electron chi connectivity index (χ0n) is 14.1. The minimum absolute atomic E-state index is 0.0840. The normalized spacial score (nSPS) is 11.6. The van der Waals surface area contributed by atoms with Crippen molar-refractivity contribution >= 4 is 11.9 Å². The van der Waals surface area contributed by atoms with Crippen LogP contribution in [0.15, 0.2) is 36.9 Å². The molecule has 8 nitrogen and oxygen atoms in total. The third-order valence-electron chi connectivity index (χ3n) is 3.69. The van der Waals surface area contributed by atoms with E-state index in [1.807, 2.05) is 0 Å². The molecule has 1 unspecified atom stereocenters. The molecule has 1 aromatic carbocycles. The van der Waals surface area contributed by atoms with Crippen LogP contribution in [0.2, 0.25) is 0 Å². The van der Waals surface area contributed by atoms with Gasteiger partial charge >= 0.3 is 5.97 Å². The maximum Gasteiger partial charge on any atom is 0.326 e. The third kappa shape index (κ3) is 4.23. The van der Waals surface area contributed by atoms with Gasteiger partial charge in [0.1, 0.15) is 11.8 Å². The Bertz CT molecular complexity index is 767. The number of nitrogens with one attached hydrogen (secondary N) is 1.